The summed E-state index contributed by atoms with van der Waals surface area (Å²) in [5.41, 5.74) is 1.03. The van der Waals surface area contributed by atoms with Crippen molar-refractivity contribution in [2.24, 2.45) is 10.8 Å². The van der Waals surface area contributed by atoms with Gasteiger partial charge in [-0.1, -0.05) is 41.5 Å². The van der Waals surface area contributed by atoms with E-state index in [1.54, 1.807) is 0 Å². The van der Waals surface area contributed by atoms with Gasteiger partial charge in [0.1, 0.15) is 0 Å². The molecule has 0 fully saturated rings. The molecular formula is C12H20W. The first-order valence-corrected chi connectivity index (χ1v) is 4.37. The quantitative estimate of drug-likeness (QED) is 0.500. The van der Waals surface area contributed by atoms with Crippen molar-refractivity contribution >= 4 is 0 Å². The molecule has 0 aliphatic rings. The van der Waals surface area contributed by atoms with Gasteiger partial charge in [0.25, 0.3) is 0 Å². The summed E-state index contributed by atoms with van der Waals surface area (Å²) in [6.45, 7) is 18.5. The molecule has 0 amide bonds. The van der Waals surface area contributed by atoms with Gasteiger partial charge in [-0.3, -0.25) is 0 Å². The minimum Gasteiger partial charge on any atom is -0.390 e. The van der Waals surface area contributed by atoms with Crippen LogP contribution in [0.1, 0.15) is 41.5 Å². The predicted molar refractivity (Wildman–Crippen MR) is 54.5 cm³/mol. The topological polar surface area (TPSA) is 0 Å². The van der Waals surface area contributed by atoms with Crippen LogP contribution >= 0.6 is 0 Å². The Kier molecular flexibility index (Phi) is 6.19. The Labute approximate surface area is 97.8 Å². The number of allylic oxidation sites excluding steroid dienone is 3. The number of rotatable bonds is 1. The van der Waals surface area contributed by atoms with Gasteiger partial charge >= 0.3 is 21.1 Å². The molecule has 0 heterocycles. The molecule has 13 heavy (non-hydrogen) atoms. The Bertz CT molecular complexity index is 186. The Morgan fingerprint density at radius 1 is 1.08 bits per heavy atom. The first kappa shape index (κ1) is 15.6. The Morgan fingerprint density at radius 2 is 1.46 bits per heavy atom. The summed E-state index contributed by atoms with van der Waals surface area (Å²) < 4.78 is 0. The molecule has 74 valence electrons. The summed E-state index contributed by atoms with van der Waals surface area (Å²) in [4.78, 5) is 0. The zero-order valence-electron chi connectivity index (χ0n) is 9.56. The molecule has 0 nitrogen and oxygen atoms in total. The van der Waals surface area contributed by atoms with Gasteiger partial charge in [-0.15, -0.1) is 10.8 Å². The normalized spacial score (nSPS) is 12.8. The second-order valence-corrected chi connectivity index (χ2v) is 5.24. The van der Waals surface area contributed by atoms with E-state index in [1.165, 1.54) is 0 Å². The number of hydrogen-bond donors (Lipinski definition) is 0. The van der Waals surface area contributed by atoms with Crippen molar-refractivity contribution < 1.29 is 21.1 Å². The number of hydrogen-bond acceptors (Lipinski definition) is 0. The van der Waals surface area contributed by atoms with Gasteiger partial charge in [0.2, 0.25) is 0 Å². The molecule has 1 heteroatoms. The average molecular weight is 348 g/mol. The maximum absolute atomic E-state index is 5.86. The molecule has 0 unspecified atom stereocenters. The van der Waals surface area contributed by atoms with Gasteiger partial charge in [0.15, 0.2) is 0 Å². The van der Waals surface area contributed by atoms with Crippen LogP contribution in [0.5, 0.6) is 0 Å². The molecule has 0 saturated heterocycles. The van der Waals surface area contributed by atoms with E-state index < -0.39 is 0 Å². The van der Waals surface area contributed by atoms with Crippen molar-refractivity contribution in [2.75, 3.05) is 0 Å². The van der Waals surface area contributed by atoms with E-state index in [9.17, 15) is 0 Å². The van der Waals surface area contributed by atoms with Crippen LogP contribution in [-0.2, 0) is 21.1 Å². The van der Waals surface area contributed by atoms with Gasteiger partial charge in [-0.25, -0.2) is 0 Å². The van der Waals surface area contributed by atoms with Crippen LogP contribution in [0.4, 0.5) is 0 Å². The Balaban J connectivity index is 0. The molecular weight excluding hydrogens is 328 g/mol. The van der Waals surface area contributed by atoms with E-state index in [0.29, 0.717) is 0 Å². The summed E-state index contributed by atoms with van der Waals surface area (Å²) in [5, 5.41) is 0. The predicted octanol–water partition coefficient (Wildman–Crippen LogP) is 3.79. The standard InChI is InChI=1S/C12H20.W/c1-10(12(5,6)7)8-9-11(2,3)4;/h1,8H,2-7H3;/q-2;+2. The van der Waals surface area contributed by atoms with E-state index in [0.717, 1.165) is 5.57 Å². The van der Waals surface area contributed by atoms with Crippen molar-refractivity contribution in [3.05, 3.63) is 24.3 Å². The summed E-state index contributed by atoms with van der Waals surface area (Å²) in [5.74, 6) is 0. The fourth-order valence-electron chi connectivity index (χ4n) is 0.511. The van der Waals surface area contributed by atoms with Crippen LogP contribution in [0.15, 0.2) is 11.6 Å². The van der Waals surface area contributed by atoms with E-state index in [2.05, 4.69) is 47.6 Å². The summed E-state index contributed by atoms with van der Waals surface area (Å²) in [6, 6.07) is 0. The molecule has 0 bridgehead atoms. The monoisotopic (exact) mass is 348 g/mol. The first-order chi connectivity index (χ1) is 5.13. The zero-order valence-corrected chi connectivity index (χ0v) is 12.5. The van der Waals surface area contributed by atoms with Crippen molar-refractivity contribution in [2.45, 2.75) is 41.5 Å². The van der Waals surface area contributed by atoms with Crippen molar-refractivity contribution in [3.8, 4) is 0 Å². The van der Waals surface area contributed by atoms with E-state index in [-0.39, 0.29) is 31.9 Å². The smallest absolute Gasteiger partial charge is 0.390 e. The SMILES string of the molecule is [CH-]=C(C=[C-]C(C)(C)C)C(C)(C)C.[W+2]. The van der Waals surface area contributed by atoms with Gasteiger partial charge in [0.05, 0.1) is 0 Å². The molecule has 0 rings (SSSR count). The Hall–Kier alpha value is 0.168. The van der Waals surface area contributed by atoms with Crippen LogP contribution < -0.4 is 0 Å². The fraction of sp³-hybridized carbons (Fsp3) is 0.667. The first-order valence-electron chi connectivity index (χ1n) is 4.37. The van der Waals surface area contributed by atoms with Gasteiger partial charge in [-0.05, 0) is 0 Å². The molecule has 0 aromatic heterocycles. The third-order valence-electron chi connectivity index (χ3n) is 1.53. The fourth-order valence-corrected chi connectivity index (χ4v) is 0.511. The summed E-state index contributed by atoms with van der Waals surface area (Å²) >= 11 is 0. The molecule has 0 atom stereocenters. The maximum Gasteiger partial charge on any atom is 2.00 e. The minimum atomic E-state index is 0. The third-order valence-corrected chi connectivity index (χ3v) is 1.53. The maximum atomic E-state index is 5.86. The molecule has 0 saturated carbocycles. The molecule has 0 radical (unpaired) electrons. The summed E-state index contributed by atoms with van der Waals surface area (Å²) in [7, 11) is 0. The van der Waals surface area contributed by atoms with E-state index in [1.807, 2.05) is 6.08 Å². The largest absolute Gasteiger partial charge is 2.00 e. The van der Waals surface area contributed by atoms with Crippen molar-refractivity contribution in [1.82, 2.24) is 0 Å². The van der Waals surface area contributed by atoms with Gasteiger partial charge in [-0.2, -0.15) is 0 Å². The van der Waals surface area contributed by atoms with E-state index >= 15 is 0 Å². The van der Waals surface area contributed by atoms with Crippen LogP contribution in [0.25, 0.3) is 0 Å². The minimum absolute atomic E-state index is 0. The van der Waals surface area contributed by atoms with Gasteiger partial charge < -0.3 is 24.3 Å². The van der Waals surface area contributed by atoms with Crippen LogP contribution in [0.3, 0.4) is 0 Å². The van der Waals surface area contributed by atoms with Crippen LogP contribution in [-0.4, -0.2) is 0 Å². The summed E-state index contributed by atoms with van der Waals surface area (Å²) in [6.07, 6.45) is 5.14. The van der Waals surface area contributed by atoms with E-state index in [4.69, 9.17) is 6.58 Å². The molecule has 0 aliphatic heterocycles. The van der Waals surface area contributed by atoms with Crippen molar-refractivity contribution in [1.29, 1.82) is 0 Å². The molecule has 0 N–H and O–H groups in total. The molecule has 0 aromatic rings. The second-order valence-electron chi connectivity index (χ2n) is 5.24. The van der Waals surface area contributed by atoms with Gasteiger partial charge in [0, 0.05) is 0 Å². The Morgan fingerprint density at radius 3 is 1.69 bits per heavy atom. The molecule has 0 aromatic carbocycles. The van der Waals surface area contributed by atoms with Crippen LogP contribution in [0.2, 0.25) is 0 Å². The third kappa shape index (κ3) is 8.50. The van der Waals surface area contributed by atoms with Crippen molar-refractivity contribution in [3.63, 3.8) is 0 Å². The molecule has 0 aliphatic carbocycles. The second kappa shape index (κ2) is 5.15. The van der Waals surface area contributed by atoms with Crippen LogP contribution in [0, 0.1) is 23.5 Å². The molecule has 0 spiro atoms. The average Bonchev–Trinajstić information content (AvgIpc) is 1.78. The zero-order chi connectivity index (χ0) is 9.99.